The summed E-state index contributed by atoms with van der Waals surface area (Å²) in [5.41, 5.74) is 3.47. The first kappa shape index (κ1) is 18.7. The molecule has 24 heavy (non-hydrogen) atoms. The SMILES string of the molecule is Cc1ccc(N(C)CC(=O)NCC(C)(C)N2CCOCC2)c(C)c1. The van der Waals surface area contributed by atoms with Crippen molar-refractivity contribution in [3.8, 4) is 0 Å². The molecule has 0 aliphatic carbocycles. The van der Waals surface area contributed by atoms with E-state index in [9.17, 15) is 4.79 Å². The molecule has 0 saturated carbocycles. The largest absolute Gasteiger partial charge is 0.379 e. The summed E-state index contributed by atoms with van der Waals surface area (Å²) in [5, 5.41) is 3.09. The zero-order valence-electron chi connectivity index (χ0n) is 15.7. The molecule has 1 aromatic rings. The van der Waals surface area contributed by atoms with Gasteiger partial charge in [0.05, 0.1) is 19.8 Å². The third kappa shape index (κ3) is 4.95. The highest BCUT2D eigenvalue weighted by Gasteiger charge is 2.28. The highest BCUT2D eigenvalue weighted by molar-refractivity contribution is 5.81. The molecule has 0 spiro atoms. The van der Waals surface area contributed by atoms with Gasteiger partial charge in [-0.05, 0) is 39.3 Å². The van der Waals surface area contributed by atoms with Crippen LogP contribution in [0.2, 0.25) is 0 Å². The Kier molecular flexibility index (Phi) is 6.24. The van der Waals surface area contributed by atoms with Gasteiger partial charge in [-0.15, -0.1) is 0 Å². The summed E-state index contributed by atoms with van der Waals surface area (Å²) in [5.74, 6) is 0.0545. The molecule has 5 nitrogen and oxygen atoms in total. The predicted octanol–water partition coefficient (Wildman–Crippen LogP) is 1.97. The van der Waals surface area contributed by atoms with Crippen molar-refractivity contribution in [1.29, 1.82) is 0 Å². The molecular formula is C19H31N3O2. The van der Waals surface area contributed by atoms with E-state index in [2.05, 4.69) is 56.1 Å². The van der Waals surface area contributed by atoms with Gasteiger partial charge in [0.1, 0.15) is 0 Å². The molecule has 2 rings (SSSR count). The average molecular weight is 333 g/mol. The van der Waals surface area contributed by atoms with Crippen LogP contribution in [-0.2, 0) is 9.53 Å². The molecule has 5 heteroatoms. The molecule has 1 aliphatic heterocycles. The minimum absolute atomic E-state index is 0.0545. The second kappa shape index (κ2) is 7.99. The lowest BCUT2D eigenvalue weighted by atomic mass is 10.0. The Morgan fingerprint density at radius 1 is 1.29 bits per heavy atom. The van der Waals surface area contributed by atoms with Gasteiger partial charge >= 0.3 is 0 Å². The van der Waals surface area contributed by atoms with Gasteiger partial charge in [0.2, 0.25) is 5.91 Å². The van der Waals surface area contributed by atoms with Crippen LogP contribution in [0.5, 0.6) is 0 Å². The maximum Gasteiger partial charge on any atom is 0.239 e. The van der Waals surface area contributed by atoms with E-state index in [0.717, 1.165) is 32.0 Å². The van der Waals surface area contributed by atoms with Gasteiger partial charge in [0.25, 0.3) is 0 Å². The average Bonchev–Trinajstić information content (AvgIpc) is 2.54. The van der Waals surface area contributed by atoms with E-state index >= 15 is 0 Å². The van der Waals surface area contributed by atoms with E-state index in [-0.39, 0.29) is 11.4 Å². The molecule has 134 valence electrons. The van der Waals surface area contributed by atoms with Crippen LogP contribution in [0.3, 0.4) is 0 Å². The van der Waals surface area contributed by atoms with Gasteiger partial charge in [-0.25, -0.2) is 0 Å². The molecule has 1 heterocycles. The predicted molar refractivity (Wildman–Crippen MR) is 98.7 cm³/mol. The van der Waals surface area contributed by atoms with Crippen molar-refractivity contribution in [2.24, 2.45) is 0 Å². The van der Waals surface area contributed by atoms with Crippen LogP contribution in [0.4, 0.5) is 5.69 Å². The fourth-order valence-electron chi connectivity index (χ4n) is 3.19. The fourth-order valence-corrected chi connectivity index (χ4v) is 3.19. The monoisotopic (exact) mass is 333 g/mol. The van der Waals surface area contributed by atoms with Gasteiger partial charge in [-0.3, -0.25) is 9.69 Å². The van der Waals surface area contributed by atoms with Gasteiger partial charge in [-0.1, -0.05) is 17.7 Å². The zero-order chi connectivity index (χ0) is 17.7. The Balaban J connectivity index is 1.86. The quantitative estimate of drug-likeness (QED) is 0.864. The number of anilines is 1. The van der Waals surface area contributed by atoms with Gasteiger partial charge < -0.3 is 15.0 Å². The Labute approximate surface area is 146 Å². The number of carbonyl (C=O) groups excluding carboxylic acids is 1. The molecule has 1 aliphatic rings. The third-order valence-electron chi connectivity index (χ3n) is 4.73. The second-order valence-electron chi connectivity index (χ2n) is 7.33. The first-order valence-electron chi connectivity index (χ1n) is 8.67. The van der Waals surface area contributed by atoms with Crippen LogP contribution in [0.1, 0.15) is 25.0 Å². The normalized spacial score (nSPS) is 16.0. The summed E-state index contributed by atoms with van der Waals surface area (Å²) in [6, 6.07) is 6.30. The summed E-state index contributed by atoms with van der Waals surface area (Å²) in [4.78, 5) is 16.7. The van der Waals surface area contributed by atoms with E-state index in [4.69, 9.17) is 4.74 Å². The van der Waals surface area contributed by atoms with Crippen molar-refractivity contribution < 1.29 is 9.53 Å². The van der Waals surface area contributed by atoms with Crippen molar-refractivity contribution >= 4 is 11.6 Å². The van der Waals surface area contributed by atoms with Gasteiger partial charge in [0, 0.05) is 37.9 Å². The number of aryl methyl sites for hydroxylation is 2. The molecule has 1 N–H and O–H groups in total. The fraction of sp³-hybridized carbons (Fsp3) is 0.632. The van der Waals surface area contributed by atoms with Crippen molar-refractivity contribution in [1.82, 2.24) is 10.2 Å². The number of hydrogen-bond donors (Lipinski definition) is 1. The number of amides is 1. The topological polar surface area (TPSA) is 44.8 Å². The minimum atomic E-state index is -0.0578. The van der Waals surface area contributed by atoms with E-state index in [1.165, 1.54) is 11.1 Å². The Hall–Kier alpha value is -1.59. The molecule has 1 fully saturated rings. The van der Waals surface area contributed by atoms with Crippen LogP contribution < -0.4 is 10.2 Å². The van der Waals surface area contributed by atoms with Crippen molar-refractivity contribution in [2.45, 2.75) is 33.2 Å². The minimum Gasteiger partial charge on any atom is -0.379 e. The number of rotatable bonds is 6. The number of carbonyl (C=O) groups is 1. The number of morpholine rings is 1. The first-order valence-corrected chi connectivity index (χ1v) is 8.67. The lowest BCUT2D eigenvalue weighted by Gasteiger charge is -2.41. The highest BCUT2D eigenvalue weighted by atomic mass is 16.5. The second-order valence-corrected chi connectivity index (χ2v) is 7.33. The van der Waals surface area contributed by atoms with E-state index in [0.29, 0.717) is 13.1 Å². The van der Waals surface area contributed by atoms with Crippen molar-refractivity contribution in [2.75, 3.05) is 51.3 Å². The van der Waals surface area contributed by atoms with Crippen LogP contribution in [0.15, 0.2) is 18.2 Å². The van der Waals surface area contributed by atoms with E-state index in [1.807, 2.05) is 11.9 Å². The summed E-state index contributed by atoms with van der Waals surface area (Å²) >= 11 is 0. The van der Waals surface area contributed by atoms with E-state index < -0.39 is 0 Å². The molecular weight excluding hydrogens is 302 g/mol. The van der Waals surface area contributed by atoms with Crippen LogP contribution >= 0.6 is 0 Å². The number of nitrogens with zero attached hydrogens (tertiary/aromatic N) is 2. The summed E-state index contributed by atoms with van der Waals surface area (Å²) < 4.78 is 5.41. The van der Waals surface area contributed by atoms with Crippen LogP contribution in [0.25, 0.3) is 0 Å². The molecule has 0 radical (unpaired) electrons. The first-order chi connectivity index (χ1) is 11.3. The van der Waals surface area contributed by atoms with E-state index in [1.54, 1.807) is 0 Å². The molecule has 1 aromatic carbocycles. The van der Waals surface area contributed by atoms with Crippen molar-refractivity contribution in [3.05, 3.63) is 29.3 Å². The van der Waals surface area contributed by atoms with Gasteiger partial charge in [-0.2, -0.15) is 0 Å². The Morgan fingerprint density at radius 2 is 1.96 bits per heavy atom. The Morgan fingerprint density at radius 3 is 2.58 bits per heavy atom. The summed E-state index contributed by atoms with van der Waals surface area (Å²) in [7, 11) is 1.96. The lowest BCUT2D eigenvalue weighted by Crippen LogP contribution is -2.56. The maximum absolute atomic E-state index is 12.3. The maximum atomic E-state index is 12.3. The molecule has 1 amide bonds. The number of hydrogen-bond acceptors (Lipinski definition) is 4. The highest BCUT2D eigenvalue weighted by Crippen LogP contribution is 2.19. The lowest BCUT2D eigenvalue weighted by molar-refractivity contribution is -0.120. The van der Waals surface area contributed by atoms with Gasteiger partial charge in [0.15, 0.2) is 0 Å². The van der Waals surface area contributed by atoms with Crippen LogP contribution in [-0.4, -0.2) is 62.8 Å². The standard InChI is InChI=1S/C19H31N3O2/c1-15-6-7-17(16(2)12-15)21(5)13-18(23)20-14-19(3,4)22-8-10-24-11-9-22/h6-7,12H,8-11,13-14H2,1-5H3,(H,20,23). The molecule has 1 saturated heterocycles. The van der Waals surface area contributed by atoms with Crippen molar-refractivity contribution in [3.63, 3.8) is 0 Å². The number of ether oxygens (including phenoxy) is 1. The molecule has 0 atom stereocenters. The zero-order valence-corrected chi connectivity index (χ0v) is 15.7. The number of benzene rings is 1. The number of likely N-dealkylation sites (N-methyl/N-ethyl adjacent to an activating group) is 1. The molecule has 0 bridgehead atoms. The summed E-state index contributed by atoms with van der Waals surface area (Å²) in [6.07, 6.45) is 0. The van der Waals surface area contributed by atoms with Crippen LogP contribution in [0, 0.1) is 13.8 Å². The Bertz CT molecular complexity index is 566. The summed E-state index contributed by atoms with van der Waals surface area (Å²) in [6.45, 7) is 12.9. The molecule has 0 aromatic heterocycles. The molecule has 0 unspecified atom stereocenters. The third-order valence-corrected chi connectivity index (χ3v) is 4.73. The number of nitrogens with one attached hydrogen (secondary N) is 1. The smallest absolute Gasteiger partial charge is 0.239 e.